The number of benzene rings is 1. The Hall–Kier alpha value is -2.76. The van der Waals surface area contributed by atoms with E-state index in [1.54, 1.807) is 17.1 Å². The first kappa shape index (κ1) is 16.1. The molecule has 1 heterocycles. The first-order valence-electron chi connectivity index (χ1n) is 7.96. The minimum atomic E-state index is -0.386. The van der Waals surface area contributed by atoms with Gasteiger partial charge >= 0.3 is 0 Å². The number of nitrogens with zero attached hydrogens (tertiary/aromatic N) is 2. The van der Waals surface area contributed by atoms with Crippen molar-refractivity contribution in [1.29, 1.82) is 5.41 Å². The van der Waals surface area contributed by atoms with Crippen LogP contribution in [0, 0.1) is 5.41 Å². The molecule has 1 aromatic heterocycles. The number of hydrogen-bond donors (Lipinski definition) is 2. The standard InChI is InChI=1S/C18H20N4O2/c1-12(2)22-11-20-10-15(17(22)24)13-3-5-14(6-4-13)18(7-8-18)21-16(23)9-19/h3-6,9-12,19H,7-8H2,1-2H3,(H,21,23). The van der Waals surface area contributed by atoms with Crippen molar-refractivity contribution in [1.82, 2.24) is 14.9 Å². The van der Waals surface area contributed by atoms with E-state index in [2.05, 4.69) is 10.3 Å². The van der Waals surface area contributed by atoms with Gasteiger partial charge in [0.2, 0.25) is 0 Å². The van der Waals surface area contributed by atoms with E-state index in [1.807, 2.05) is 38.1 Å². The van der Waals surface area contributed by atoms with Crippen molar-refractivity contribution in [3.05, 3.63) is 52.7 Å². The van der Waals surface area contributed by atoms with Gasteiger partial charge in [-0.3, -0.25) is 14.2 Å². The van der Waals surface area contributed by atoms with Gasteiger partial charge < -0.3 is 10.7 Å². The first-order chi connectivity index (χ1) is 11.5. The van der Waals surface area contributed by atoms with Crippen LogP contribution in [0.4, 0.5) is 0 Å². The molecule has 1 amide bonds. The molecule has 2 aromatic rings. The lowest BCUT2D eigenvalue weighted by Gasteiger charge is -2.17. The van der Waals surface area contributed by atoms with Crippen molar-refractivity contribution in [2.45, 2.75) is 38.3 Å². The second-order valence-corrected chi connectivity index (χ2v) is 6.41. The molecule has 124 valence electrons. The predicted octanol–water partition coefficient (Wildman–Crippen LogP) is 2.25. The van der Waals surface area contributed by atoms with E-state index in [9.17, 15) is 9.59 Å². The van der Waals surface area contributed by atoms with Crippen LogP contribution < -0.4 is 10.9 Å². The topological polar surface area (TPSA) is 87.8 Å². The van der Waals surface area contributed by atoms with Gasteiger partial charge in [0.1, 0.15) is 0 Å². The van der Waals surface area contributed by atoms with Crippen LogP contribution in [0.5, 0.6) is 0 Å². The third kappa shape index (κ3) is 2.87. The molecule has 6 nitrogen and oxygen atoms in total. The summed E-state index contributed by atoms with van der Waals surface area (Å²) in [6, 6.07) is 7.68. The van der Waals surface area contributed by atoms with E-state index >= 15 is 0 Å². The molecular weight excluding hydrogens is 304 g/mol. The lowest BCUT2D eigenvalue weighted by atomic mass is 10.0. The summed E-state index contributed by atoms with van der Waals surface area (Å²) in [6.07, 6.45) is 5.65. The fraction of sp³-hybridized carbons (Fsp3) is 0.333. The molecule has 3 rings (SSSR count). The van der Waals surface area contributed by atoms with Crippen LogP contribution in [0.3, 0.4) is 0 Å². The fourth-order valence-corrected chi connectivity index (χ4v) is 2.84. The zero-order valence-electron chi connectivity index (χ0n) is 13.7. The van der Waals surface area contributed by atoms with E-state index in [-0.39, 0.29) is 23.0 Å². The van der Waals surface area contributed by atoms with Gasteiger partial charge in [-0.25, -0.2) is 4.98 Å². The zero-order chi connectivity index (χ0) is 17.3. The Balaban J connectivity index is 1.91. The highest BCUT2D eigenvalue weighted by Crippen LogP contribution is 2.45. The molecule has 1 saturated carbocycles. The molecule has 1 aliphatic rings. The summed E-state index contributed by atoms with van der Waals surface area (Å²) in [7, 11) is 0. The van der Waals surface area contributed by atoms with Crippen molar-refractivity contribution in [3.63, 3.8) is 0 Å². The summed E-state index contributed by atoms with van der Waals surface area (Å²) in [6.45, 7) is 3.89. The summed E-state index contributed by atoms with van der Waals surface area (Å²) in [5, 5.41) is 9.89. The number of rotatable bonds is 5. The lowest BCUT2D eigenvalue weighted by Crippen LogP contribution is -2.35. The molecule has 1 aliphatic carbocycles. The van der Waals surface area contributed by atoms with Crippen molar-refractivity contribution >= 4 is 12.1 Å². The molecular formula is C18H20N4O2. The molecule has 0 radical (unpaired) electrons. The van der Waals surface area contributed by atoms with E-state index in [0.29, 0.717) is 5.56 Å². The molecule has 1 aromatic carbocycles. The summed E-state index contributed by atoms with van der Waals surface area (Å²) in [5.74, 6) is -0.386. The number of carbonyl (C=O) groups excluding carboxylic acids is 1. The van der Waals surface area contributed by atoms with Crippen LogP contribution in [-0.2, 0) is 10.3 Å². The van der Waals surface area contributed by atoms with Crippen LogP contribution >= 0.6 is 0 Å². The predicted molar refractivity (Wildman–Crippen MR) is 92.2 cm³/mol. The molecule has 0 aliphatic heterocycles. The van der Waals surface area contributed by atoms with Crippen LogP contribution in [0.2, 0.25) is 0 Å². The van der Waals surface area contributed by atoms with E-state index in [0.717, 1.165) is 30.2 Å². The third-order valence-electron chi connectivity index (χ3n) is 4.41. The molecule has 0 atom stereocenters. The van der Waals surface area contributed by atoms with Gasteiger partial charge in [-0.2, -0.15) is 0 Å². The Bertz CT molecular complexity index is 833. The second kappa shape index (κ2) is 6.03. The monoisotopic (exact) mass is 324 g/mol. The van der Waals surface area contributed by atoms with E-state index in [1.165, 1.54) is 0 Å². The number of hydrogen-bond acceptors (Lipinski definition) is 4. The molecule has 0 spiro atoms. The molecule has 0 unspecified atom stereocenters. The minimum absolute atomic E-state index is 0.0512. The van der Waals surface area contributed by atoms with Crippen molar-refractivity contribution in [2.24, 2.45) is 0 Å². The fourth-order valence-electron chi connectivity index (χ4n) is 2.84. The van der Waals surface area contributed by atoms with Gasteiger partial charge in [0.05, 0.1) is 23.6 Å². The molecule has 6 heteroatoms. The lowest BCUT2D eigenvalue weighted by molar-refractivity contribution is -0.115. The average molecular weight is 324 g/mol. The number of carbonyl (C=O) groups is 1. The average Bonchev–Trinajstić information content (AvgIpc) is 3.35. The van der Waals surface area contributed by atoms with Crippen LogP contribution in [-0.4, -0.2) is 21.7 Å². The Kier molecular flexibility index (Phi) is 4.05. The largest absolute Gasteiger partial charge is 0.342 e. The highest BCUT2D eigenvalue weighted by atomic mass is 16.1. The van der Waals surface area contributed by atoms with Gasteiger partial charge in [-0.1, -0.05) is 24.3 Å². The van der Waals surface area contributed by atoms with Crippen molar-refractivity contribution in [2.75, 3.05) is 0 Å². The highest BCUT2D eigenvalue weighted by molar-refractivity contribution is 6.25. The normalized spacial score (nSPS) is 15.1. The number of amides is 1. The van der Waals surface area contributed by atoms with Crippen LogP contribution in [0.25, 0.3) is 11.1 Å². The molecule has 0 saturated heterocycles. The highest BCUT2D eigenvalue weighted by Gasteiger charge is 2.45. The Labute approximate surface area is 140 Å². The van der Waals surface area contributed by atoms with E-state index in [4.69, 9.17) is 5.41 Å². The Morgan fingerprint density at radius 1 is 1.33 bits per heavy atom. The zero-order valence-corrected chi connectivity index (χ0v) is 13.7. The van der Waals surface area contributed by atoms with Crippen molar-refractivity contribution < 1.29 is 4.79 Å². The molecule has 0 bridgehead atoms. The Morgan fingerprint density at radius 2 is 2.00 bits per heavy atom. The van der Waals surface area contributed by atoms with Gasteiger partial charge in [0.15, 0.2) is 0 Å². The van der Waals surface area contributed by atoms with Crippen LogP contribution in [0.1, 0.15) is 38.3 Å². The maximum Gasteiger partial charge on any atom is 0.262 e. The van der Waals surface area contributed by atoms with Gasteiger partial charge in [0.25, 0.3) is 11.5 Å². The Morgan fingerprint density at radius 3 is 2.54 bits per heavy atom. The summed E-state index contributed by atoms with van der Waals surface area (Å²) in [4.78, 5) is 28.2. The van der Waals surface area contributed by atoms with Gasteiger partial charge in [-0.05, 0) is 37.8 Å². The molecule has 1 fully saturated rings. The number of nitrogens with one attached hydrogen (secondary N) is 2. The number of aromatic nitrogens is 2. The molecule has 2 N–H and O–H groups in total. The maximum absolute atomic E-state index is 12.5. The van der Waals surface area contributed by atoms with E-state index < -0.39 is 0 Å². The third-order valence-corrected chi connectivity index (χ3v) is 4.41. The summed E-state index contributed by atoms with van der Waals surface area (Å²) in [5.41, 5.74) is 1.94. The molecule has 24 heavy (non-hydrogen) atoms. The maximum atomic E-state index is 12.5. The summed E-state index contributed by atoms with van der Waals surface area (Å²) >= 11 is 0. The smallest absolute Gasteiger partial charge is 0.262 e. The van der Waals surface area contributed by atoms with Crippen molar-refractivity contribution in [3.8, 4) is 11.1 Å². The second-order valence-electron chi connectivity index (χ2n) is 6.41. The van der Waals surface area contributed by atoms with Gasteiger partial charge in [0, 0.05) is 12.2 Å². The SMILES string of the molecule is CC(C)n1cncc(-c2ccc(C3(NC(=O)C=N)CC3)cc2)c1=O. The van der Waals surface area contributed by atoms with Gasteiger partial charge in [-0.15, -0.1) is 0 Å². The quantitative estimate of drug-likeness (QED) is 0.827. The van der Waals surface area contributed by atoms with Crippen LogP contribution in [0.15, 0.2) is 41.6 Å². The first-order valence-corrected chi connectivity index (χ1v) is 7.96. The summed E-state index contributed by atoms with van der Waals surface area (Å²) < 4.78 is 1.61. The minimum Gasteiger partial charge on any atom is -0.342 e.